The summed E-state index contributed by atoms with van der Waals surface area (Å²) in [4.78, 5) is 12.0. The van der Waals surface area contributed by atoms with E-state index in [-0.39, 0.29) is 5.91 Å². The lowest BCUT2D eigenvalue weighted by atomic mass is 10.1. The second kappa shape index (κ2) is 4.93. The molecule has 17 heavy (non-hydrogen) atoms. The van der Waals surface area contributed by atoms with Crippen LogP contribution in [0.25, 0.3) is 0 Å². The summed E-state index contributed by atoms with van der Waals surface area (Å²) in [5, 5.41) is 11.8. The van der Waals surface area contributed by atoms with Gasteiger partial charge in [-0.2, -0.15) is 0 Å². The Morgan fingerprint density at radius 2 is 2.12 bits per heavy atom. The zero-order chi connectivity index (χ0) is 12.4. The van der Waals surface area contributed by atoms with Gasteiger partial charge in [0, 0.05) is 10.0 Å². The fourth-order valence-corrected chi connectivity index (χ4v) is 2.30. The third-order valence-electron chi connectivity index (χ3n) is 2.19. The third kappa shape index (κ3) is 2.89. The lowest BCUT2D eigenvalue weighted by Gasteiger charge is -2.05. The van der Waals surface area contributed by atoms with Crippen LogP contribution in [0.4, 0.5) is 5.13 Å². The number of nitrogens with one attached hydrogen (secondary N) is 1. The van der Waals surface area contributed by atoms with Gasteiger partial charge < -0.3 is 0 Å². The van der Waals surface area contributed by atoms with Gasteiger partial charge >= 0.3 is 0 Å². The number of carbonyl (C=O) groups is 1. The number of hydrogen-bond acceptors (Lipinski definition) is 4. The van der Waals surface area contributed by atoms with E-state index in [1.807, 2.05) is 26.0 Å². The fourth-order valence-electron chi connectivity index (χ4n) is 1.35. The zero-order valence-electron chi connectivity index (χ0n) is 9.32. The Kier molecular flexibility index (Phi) is 3.54. The summed E-state index contributed by atoms with van der Waals surface area (Å²) in [6.45, 7) is 3.74. The van der Waals surface area contributed by atoms with E-state index < -0.39 is 0 Å². The van der Waals surface area contributed by atoms with Crippen molar-refractivity contribution in [2.75, 3.05) is 5.32 Å². The molecule has 1 aromatic heterocycles. The predicted octanol–water partition coefficient (Wildman–Crippen LogP) is 3.17. The average Bonchev–Trinajstić information content (AvgIpc) is 2.67. The van der Waals surface area contributed by atoms with E-state index >= 15 is 0 Å². The first-order valence-electron chi connectivity index (χ1n) is 4.94. The summed E-state index contributed by atoms with van der Waals surface area (Å²) in [7, 11) is 0. The SMILES string of the molecule is Cc1nnc(NC(=O)c2cc(Br)ccc2C)s1. The Labute approximate surface area is 111 Å². The molecule has 0 fully saturated rings. The number of halogens is 1. The molecule has 0 aliphatic carbocycles. The Hall–Kier alpha value is -1.27. The van der Waals surface area contributed by atoms with Crippen LogP contribution < -0.4 is 5.32 Å². The van der Waals surface area contributed by atoms with Crippen molar-refractivity contribution in [2.45, 2.75) is 13.8 Å². The van der Waals surface area contributed by atoms with Crippen LogP contribution in [0.5, 0.6) is 0 Å². The smallest absolute Gasteiger partial charge is 0.257 e. The Morgan fingerprint density at radius 1 is 1.35 bits per heavy atom. The van der Waals surface area contributed by atoms with Crippen LogP contribution in [0.15, 0.2) is 22.7 Å². The van der Waals surface area contributed by atoms with Gasteiger partial charge in [0.2, 0.25) is 5.13 Å². The van der Waals surface area contributed by atoms with E-state index in [1.54, 1.807) is 6.07 Å². The molecule has 0 bridgehead atoms. The molecule has 1 aromatic carbocycles. The Balaban J connectivity index is 2.22. The van der Waals surface area contributed by atoms with E-state index in [9.17, 15) is 4.79 Å². The quantitative estimate of drug-likeness (QED) is 0.926. The highest BCUT2D eigenvalue weighted by molar-refractivity contribution is 9.10. The van der Waals surface area contributed by atoms with Crippen LogP contribution >= 0.6 is 27.3 Å². The van der Waals surface area contributed by atoms with E-state index in [1.165, 1.54) is 11.3 Å². The van der Waals surface area contributed by atoms with Crippen LogP contribution in [0.2, 0.25) is 0 Å². The van der Waals surface area contributed by atoms with E-state index in [0.717, 1.165) is 15.0 Å². The first kappa shape index (κ1) is 12.2. The standard InChI is InChI=1S/C11H10BrN3OS/c1-6-3-4-8(12)5-9(6)10(16)13-11-15-14-7(2)17-11/h3-5H,1-2H3,(H,13,15,16). The largest absolute Gasteiger partial charge is 0.296 e. The highest BCUT2D eigenvalue weighted by Gasteiger charge is 2.11. The molecule has 1 N–H and O–H groups in total. The van der Waals surface area contributed by atoms with Crippen molar-refractivity contribution < 1.29 is 4.79 Å². The maximum absolute atomic E-state index is 12.0. The van der Waals surface area contributed by atoms with Crippen LogP contribution in [0, 0.1) is 13.8 Å². The van der Waals surface area contributed by atoms with Gasteiger partial charge in [-0.15, -0.1) is 10.2 Å². The molecule has 2 rings (SSSR count). The lowest BCUT2D eigenvalue weighted by Crippen LogP contribution is -2.13. The molecule has 2 aromatic rings. The van der Waals surface area contributed by atoms with E-state index in [4.69, 9.17) is 0 Å². The fraction of sp³-hybridized carbons (Fsp3) is 0.182. The molecule has 0 radical (unpaired) electrons. The van der Waals surface area contributed by atoms with Crippen molar-refractivity contribution in [2.24, 2.45) is 0 Å². The molecule has 6 heteroatoms. The zero-order valence-corrected chi connectivity index (χ0v) is 11.7. The minimum Gasteiger partial charge on any atom is -0.296 e. The molecule has 0 saturated carbocycles. The highest BCUT2D eigenvalue weighted by atomic mass is 79.9. The highest BCUT2D eigenvalue weighted by Crippen LogP contribution is 2.19. The van der Waals surface area contributed by atoms with E-state index in [0.29, 0.717) is 10.7 Å². The molecule has 88 valence electrons. The summed E-state index contributed by atoms with van der Waals surface area (Å²) in [6.07, 6.45) is 0. The van der Waals surface area contributed by atoms with Gasteiger partial charge in [0.1, 0.15) is 5.01 Å². The third-order valence-corrected chi connectivity index (χ3v) is 3.44. The van der Waals surface area contributed by atoms with Crippen LogP contribution in [-0.4, -0.2) is 16.1 Å². The second-order valence-corrected chi connectivity index (χ2v) is 5.64. The van der Waals surface area contributed by atoms with Crippen molar-refractivity contribution in [3.63, 3.8) is 0 Å². The van der Waals surface area contributed by atoms with Gasteiger partial charge in [-0.05, 0) is 31.5 Å². The molecule has 1 amide bonds. The first-order chi connectivity index (χ1) is 8.06. The summed E-state index contributed by atoms with van der Waals surface area (Å²) >= 11 is 4.70. The molecule has 0 spiro atoms. The number of aryl methyl sites for hydroxylation is 2. The first-order valence-corrected chi connectivity index (χ1v) is 6.55. The van der Waals surface area contributed by atoms with Crippen molar-refractivity contribution in [3.05, 3.63) is 38.8 Å². The maximum Gasteiger partial charge on any atom is 0.257 e. The van der Waals surface area contributed by atoms with Gasteiger partial charge in [-0.3, -0.25) is 10.1 Å². The van der Waals surface area contributed by atoms with Crippen LogP contribution in [0.3, 0.4) is 0 Å². The van der Waals surface area contributed by atoms with Gasteiger partial charge in [0.25, 0.3) is 5.91 Å². The molecule has 0 aliphatic heterocycles. The average molecular weight is 312 g/mol. The summed E-state index contributed by atoms with van der Waals surface area (Å²) in [5.74, 6) is -0.167. The topological polar surface area (TPSA) is 54.9 Å². The van der Waals surface area contributed by atoms with Crippen molar-refractivity contribution in [3.8, 4) is 0 Å². The Morgan fingerprint density at radius 3 is 2.76 bits per heavy atom. The molecule has 0 unspecified atom stereocenters. The molecule has 4 nitrogen and oxygen atoms in total. The number of nitrogens with zero attached hydrogens (tertiary/aromatic N) is 2. The van der Waals surface area contributed by atoms with Crippen molar-refractivity contribution in [1.82, 2.24) is 10.2 Å². The maximum atomic E-state index is 12.0. The second-order valence-electron chi connectivity index (χ2n) is 3.54. The monoisotopic (exact) mass is 311 g/mol. The molecule has 1 heterocycles. The number of rotatable bonds is 2. The normalized spacial score (nSPS) is 10.3. The number of amides is 1. The lowest BCUT2D eigenvalue weighted by molar-refractivity contribution is 0.102. The van der Waals surface area contributed by atoms with Crippen LogP contribution in [0.1, 0.15) is 20.9 Å². The number of aromatic nitrogens is 2. The van der Waals surface area contributed by atoms with Crippen molar-refractivity contribution in [1.29, 1.82) is 0 Å². The summed E-state index contributed by atoms with van der Waals surface area (Å²) < 4.78 is 0.877. The summed E-state index contributed by atoms with van der Waals surface area (Å²) in [6, 6.07) is 5.59. The minimum atomic E-state index is -0.167. The van der Waals surface area contributed by atoms with Gasteiger partial charge in [0.15, 0.2) is 0 Å². The Bertz CT molecular complexity index is 568. The summed E-state index contributed by atoms with van der Waals surface area (Å²) in [5.41, 5.74) is 1.55. The predicted molar refractivity (Wildman–Crippen MR) is 71.5 cm³/mol. The van der Waals surface area contributed by atoms with Gasteiger partial charge in [0.05, 0.1) is 0 Å². The molecular weight excluding hydrogens is 302 g/mol. The number of benzene rings is 1. The van der Waals surface area contributed by atoms with Gasteiger partial charge in [-0.1, -0.05) is 33.3 Å². The number of anilines is 1. The number of hydrogen-bond donors (Lipinski definition) is 1. The molecule has 0 aliphatic rings. The van der Waals surface area contributed by atoms with Crippen molar-refractivity contribution >= 4 is 38.3 Å². The van der Waals surface area contributed by atoms with Gasteiger partial charge in [-0.25, -0.2) is 0 Å². The minimum absolute atomic E-state index is 0.167. The van der Waals surface area contributed by atoms with Crippen LogP contribution in [-0.2, 0) is 0 Å². The number of carbonyl (C=O) groups excluding carboxylic acids is 1. The van der Waals surface area contributed by atoms with E-state index in [2.05, 4.69) is 31.4 Å². The molecule has 0 atom stereocenters. The molecule has 0 saturated heterocycles. The molecular formula is C11H10BrN3OS.